The van der Waals surface area contributed by atoms with Crippen molar-refractivity contribution in [3.63, 3.8) is 0 Å². The first-order valence-corrected chi connectivity index (χ1v) is 11.0. The van der Waals surface area contributed by atoms with E-state index in [1.54, 1.807) is 12.1 Å². The largest absolute Gasteiger partial charge is 0.445 e. The second kappa shape index (κ2) is 10.6. The normalized spacial score (nSPS) is 10.8. The quantitative estimate of drug-likeness (QED) is 0.461. The molecule has 0 spiro atoms. The van der Waals surface area contributed by atoms with Crippen LogP contribution in [0.4, 0.5) is 25.0 Å². The first-order valence-electron chi connectivity index (χ1n) is 9.55. The van der Waals surface area contributed by atoms with Crippen LogP contribution in [0.1, 0.15) is 5.56 Å². The Morgan fingerprint density at radius 2 is 1.52 bits per heavy atom. The second-order valence-electron chi connectivity index (χ2n) is 6.72. The predicted octanol–water partition coefficient (Wildman–Crippen LogP) is 3.63. The summed E-state index contributed by atoms with van der Waals surface area (Å²) in [4.78, 5) is 23.2. The third-order valence-corrected chi connectivity index (χ3v) is 5.61. The number of amides is 2. The molecule has 11 heteroatoms. The van der Waals surface area contributed by atoms with Crippen molar-refractivity contribution in [3.05, 3.63) is 90.0 Å². The van der Waals surface area contributed by atoms with Gasteiger partial charge in [-0.3, -0.25) is 9.52 Å². The number of anilines is 2. The summed E-state index contributed by atoms with van der Waals surface area (Å²) in [6, 6.07) is 16.9. The van der Waals surface area contributed by atoms with Crippen molar-refractivity contribution in [2.45, 2.75) is 11.5 Å². The molecule has 33 heavy (non-hydrogen) atoms. The van der Waals surface area contributed by atoms with Crippen molar-refractivity contribution in [1.29, 1.82) is 0 Å². The Morgan fingerprint density at radius 3 is 2.18 bits per heavy atom. The summed E-state index contributed by atoms with van der Waals surface area (Å²) >= 11 is 0. The van der Waals surface area contributed by atoms with Crippen molar-refractivity contribution in [3.8, 4) is 0 Å². The van der Waals surface area contributed by atoms with Crippen LogP contribution in [0.2, 0.25) is 0 Å². The first-order chi connectivity index (χ1) is 15.7. The maximum Gasteiger partial charge on any atom is 0.407 e. The number of nitrogens with one attached hydrogen (secondary N) is 3. The van der Waals surface area contributed by atoms with E-state index in [9.17, 15) is 26.8 Å². The molecule has 0 atom stereocenters. The highest BCUT2D eigenvalue weighted by Crippen LogP contribution is 2.20. The van der Waals surface area contributed by atoms with Gasteiger partial charge in [0.1, 0.15) is 13.2 Å². The van der Waals surface area contributed by atoms with Gasteiger partial charge >= 0.3 is 6.09 Å². The summed E-state index contributed by atoms with van der Waals surface area (Å²) in [5.41, 5.74) is 1.29. The third kappa shape index (κ3) is 7.01. The first kappa shape index (κ1) is 23.7. The lowest BCUT2D eigenvalue weighted by Gasteiger charge is -2.10. The average Bonchev–Trinajstić information content (AvgIpc) is 2.80. The predicted molar refractivity (Wildman–Crippen MR) is 117 cm³/mol. The van der Waals surface area contributed by atoms with Crippen LogP contribution in [0.5, 0.6) is 0 Å². The van der Waals surface area contributed by atoms with E-state index in [1.165, 1.54) is 24.3 Å². The smallest absolute Gasteiger partial charge is 0.407 e. The summed E-state index contributed by atoms with van der Waals surface area (Å²) in [6.07, 6.45) is -0.754. The molecule has 0 fully saturated rings. The van der Waals surface area contributed by atoms with Crippen LogP contribution >= 0.6 is 0 Å². The fourth-order valence-corrected chi connectivity index (χ4v) is 3.68. The molecule has 172 valence electrons. The molecule has 3 aromatic rings. The third-order valence-electron chi connectivity index (χ3n) is 4.23. The van der Waals surface area contributed by atoms with Crippen LogP contribution in [-0.4, -0.2) is 27.0 Å². The summed E-state index contributed by atoms with van der Waals surface area (Å²) in [7, 11) is -4.14. The molecule has 8 nitrogen and oxygen atoms in total. The molecule has 0 unspecified atom stereocenters. The van der Waals surface area contributed by atoms with Crippen LogP contribution < -0.4 is 15.4 Å². The van der Waals surface area contributed by atoms with Crippen LogP contribution in [0.25, 0.3) is 0 Å². The molecule has 0 aliphatic heterocycles. The molecule has 0 bridgehead atoms. The van der Waals surface area contributed by atoms with E-state index < -0.39 is 38.6 Å². The van der Waals surface area contributed by atoms with Crippen LogP contribution in [0, 0.1) is 11.6 Å². The highest BCUT2D eigenvalue weighted by Gasteiger charge is 2.17. The van der Waals surface area contributed by atoms with Crippen molar-refractivity contribution in [2.75, 3.05) is 16.6 Å². The minimum absolute atomic E-state index is 0.0657. The zero-order valence-corrected chi connectivity index (χ0v) is 17.9. The molecular weight excluding hydrogens is 456 g/mol. The van der Waals surface area contributed by atoms with Gasteiger partial charge in [0.25, 0.3) is 10.0 Å². The number of carbonyl (C=O) groups is 2. The van der Waals surface area contributed by atoms with Gasteiger partial charge in [0.2, 0.25) is 5.91 Å². The highest BCUT2D eigenvalue weighted by atomic mass is 32.2. The Labute approximate surface area is 188 Å². The monoisotopic (exact) mass is 475 g/mol. The van der Waals surface area contributed by atoms with E-state index in [0.29, 0.717) is 17.8 Å². The molecular formula is C22H19F2N3O5S. The lowest BCUT2D eigenvalue weighted by molar-refractivity contribution is -0.115. The van der Waals surface area contributed by atoms with Crippen molar-refractivity contribution < 1.29 is 31.5 Å². The maximum absolute atomic E-state index is 13.3. The SMILES string of the molecule is O=C(CNC(=O)OCc1ccccc1)Nc1ccc(NS(=O)(=O)c2ccc(F)c(F)c2)cc1. The van der Waals surface area contributed by atoms with E-state index >= 15 is 0 Å². The van der Waals surface area contributed by atoms with Gasteiger partial charge in [-0.25, -0.2) is 22.0 Å². The Morgan fingerprint density at radius 1 is 0.848 bits per heavy atom. The summed E-state index contributed by atoms with van der Waals surface area (Å²) < 4.78 is 58.2. The molecule has 0 aromatic heterocycles. The van der Waals surface area contributed by atoms with Gasteiger partial charge in [-0.2, -0.15) is 0 Å². The zero-order chi connectivity index (χ0) is 23.8. The summed E-state index contributed by atoms with van der Waals surface area (Å²) in [5, 5.41) is 4.85. The molecule has 0 heterocycles. The second-order valence-corrected chi connectivity index (χ2v) is 8.40. The average molecular weight is 475 g/mol. The van der Waals surface area contributed by atoms with E-state index in [4.69, 9.17) is 4.74 Å². The lowest BCUT2D eigenvalue weighted by atomic mass is 10.2. The molecule has 0 saturated carbocycles. The summed E-state index contributed by atoms with van der Waals surface area (Å²) in [6.45, 7) is -0.269. The Bertz CT molecular complexity index is 1240. The number of sulfonamides is 1. The molecule has 0 aliphatic carbocycles. The highest BCUT2D eigenvalue weighted by molar-refractivity contribution is 7.92. The van der Waals surface area contributed by atoms with Crippen molar-refractivity contribution >= 4 is 33.4 Å². The number of carbonyl (C=O) groups excluding carboxylic acids is 2. The maximum atomic E-state index is 13.3. The van der Waals surface area contributed by atoms with Crippen LogP contribution in [0.3, 0.4) is 0 Å². The van der Waals surface area contributed by atoms with Gasteiger partial charge in [-0.05, 0) is 48.0 Å². The zero-order valence-electron chi connectivity index (χ0n) is 17.0. The fourth-order valence-electron chi connectivity index (χ4n) is 2.61. The lowest BCUT2D eigenvalue weighted by Crippen LogP contribution is -2.33. The Kier molecular flexibility index (Phi) is 7.57. The number of halogens is 2. The Hall–Kier alpha value is -3.99. The van der Waals surface area contributed by atoms with Gasteiger partial charge in [-0.1, -0.05) is 30.3 Å². The topological polar surface area (TPSA) is 114 Å². The molecule has 3 rings (SSSR count). The fraction of sp³-hybridized carbons (Fsp3) is 0.0909. The standard InChI is InChI=1S/C22H19F2N3O5S/c23-19-11-10-18(12-20(19)24)33(30,31)27-17-8-6-16(7-9-17)26-21(28)13-25-22(29)32-14-15-4-2-1-3-5-15/h1-12,27H,13-14H2,(H,25,29)(H,26,28). The number of benzene rings is 3. The van der Waals surface area contributed by atoms with Gasteiger partial charge in [0, 0.05) is 11.4 Å². The number of rotatable bonds is 8. The minimum Gasteiger partial charge on any atom is -0.445 e. The molecule has 0 saturated heterocycles. The van der Waals surface area contributed by atoms with E-state index in [0.717, 1.165) is 11.6 Å². The molecule has 0 aliphatic rings. The summed E-state index contributed by atoms with van der Waals surface area (Å²) in [5.74, 6) is -2.97. The van der Waals surface area contributed by atoms with Crippen LogP contribution in [0.15, 0.2) is 77.7 Å². The number of hydrogen-bond donors (Lipinski definition) is 3. The Balaban J connectivity index is 1.48. The minimum atomic E-state index is -4.14. The molecule has 3 N–H and O–H groups in total. The van der Waals surface area contributed by atoms with Gasteiger partial charge in [-0.15, -0.1) is 0 Å². The van der Waals surface area contributed by atoms with Crippen molar-refractivity contribution in [2.24, 2.45) is 0 Å². The van der Waals surface area contributed by atoms with E-state index in [1.807, 2.05) is 18.2 Å². The number of hydrogen-bond acceptors (Lipinski definition) is 5. The van der Waals surface area contributed by atoms with Gasteiger partial charge in [0.05, 0.1) is 4.90 Å². The molecule has 0 radical (unpaired) electrons. The van der Waals surface area contributed by atoms with Gasteiger partial charge < -0.3 is 15.4 Å². The van der Waals surface area contributed by atoms with Crippen molar-refractivity contribution in [1.82, 2.24) is 5.32 Å². The van der Waals surface area contributed by atoms with E-state index in [-0.39, 0.29) is 18.8 Å². The molecule has 3 aromatic carbocycles. The number of ether oxygens (including phenoxy) is 1. The molecule has 2 amide bonds. The van der Waals surface area contributed by atoms with Crippen LogP contribution in [-0.2, 0) is 26.2 Å². The number of alkyl carbamates (subject to hydrolysis) is 1. The van der Waals surface area contributed by atoms with Gasteiger partial charge in [0.15, 0.2) is 11.6 Å². The van der Waals surface area contributed by atoms with E-state index in [2.05, 4.69) is 15.4 Å².